The van der Waals surface area contributed by atoms with Gasteiger partial charge in [-0.1, -0.05) is 41.7 Å². The molecule has 3 nitrogen and oxygen atoms in total. The van der Waals surface area contributed by atoms with Crippen LogP contribution in [0.1, 0.15) is 15.9 Å². The zero-order chi connectivity index (χ0) is 13.9. The largest absolute Gasteiger partial charge is 0.252 e. The summed E-state index contributed by atoms with van der Waals surface area (Å²) in [6.07, 6.45) is 1.74. The molecule has 1 atom stereocenters. The minimum atomic E-state index is -0.280. The van der Waals surface area contributed by atoms with Crippen LogP contribution in [0.25, 0.3) is 10.7 Å². The predicted molar refractivity (Wildman–Crippen MR) is 85.0 cm³/mol. The van der Waals surface area contributed by atoms with Crippen molar-refractivity contribution in [2.75, 3.05) is 0 Å². The van der Waals surface area contributed by atoms with E-state index in [0.29, 0.717) is 0 Å². The van der Waals surface area contributed by atoms with Gasteiger partial charge in [0.05, 0.1) is 0 Å². The predicted octanol–water partition coefficient (Wildman–Crippen LogP) is 4.69. The van der Waals surface area contributed by atoms with Crippen molar-refractivity contribution >= 4 is 38.9 Å². The Morgan fingerprint density at radius 1 is 1.05 bits per heavy atom. The van der Waals surface area contributed by atoms with Crippen molar-refractivity contribution in [2.45, 2.75) is 5.38 Å². The number of pyridine rings is 1. The van der Waals surface area contributed by atoms with E-state index in [2.05, 4.69) is 31.1 Å². The van der Waals surface area contributed by atoms with Gasteiger partial charge in [-0.15, -0.1) is 21.8 Å². The highest BCUT2D eigenvalue weighted by atomic mass is 79.9. The maximum Gasteiger partial charge on any atom is 0.166 e. The molecule has 0 radical (unpaired) electrons. The second-order valence-electron chi connectivity index (χ2n) is 4.08. The van der Waals surface area contributed by atoms with Gasteiger partial charge in [0.2, 0.25) is 0 Å². The summed E-state index contributed by atoms with van der Waals surface area (Å²) in [6.45, 7) is 0. The lowest BCUT2D eigenvalue weighted by atomic mass is 10.1. The fraction of sp³-hybridized carbons (Fsp3) is 0.0714. The van der Waals surface area contributed by atoms with Crippen LogP contribution in [0.5, 0.6) is 0 Å². The van der Waals surface area contributed by atoms with Crippen LogP contribution in [0.2, 0.25) is 0 Å². The van der Waals surface area contributed by atoms with Crippen LogP contribution in [0.3, 0.4) is 0 Å². The highest BCUT2D eigenvalue weighted by Gasteiger charge is 2.17. The summed E-state index contributed by atoms with van der Waals surface area (Å²) in [6, 6.07) is 13.7. The molecule has 0 fully saturated rings. The molecule has 6 heteroatoms. The lowest BCUT2D eigenvalue weighted by Crippen LogP contribution is -1.91. The van der Waals surface area contributed by atoms with Crippen molar-refractivity contribution in [3.05, 3.63) is 63.7 Å². The molecular weight excluding hydrogens is 358 g/mol. The molecule has 0 bridgehead atoms. The van der Waals surface area contributed by atoms with Gasteiger partial charge in [0, 0.05) is 10.7 Å². The van der Waals surface area contributed by atoms with Gasteiger partial charge in [-0.25, -0.2) is 0 Å². The molecule has 2 aromatic heterocycles. The van der Waals surface area contributed by atoms with Gasteiger partial charge >= 0.3 is 0 Å². The van der Waals surface area contributed by atoms with Crippen LogP contribution >= 0.6 is 38.9 Å². The Labute approximate surface area is 133 Å². The van der Waals surface area contributed by atoms with Gasteiger partial charge in [0.1, 0.15) is 16.1 Å². The molecule has 100 valence electrons. The number of hydrogen-bond acceptors (Lipinski definition) is 4. The van der Waals surface area contributed by atoms with E-state index in [-0.39, 0.29) is 5.38 Å². The van der Waals surface area contributed by atoms with Crippen LogP contribution in [0.15, 0.2) is 53.1 Å². The second-order valence-corrected chi connectivity index (χ2v) is 6.44. The minimum Gasteiger partial charge on any atom is -0.252 e. The quantitative estimate of drug-likeness (QED) is 0.631. The highest BCUT2D eigenvalue weighted by molar-refractivity contribution is 9.10. The Morgan fingerprint density at radius 2 is 1.85 bits per heavy atom. The first-order valence-electron chi connectivity index (χ1n) is 5.88. The van der Waals surface area contributed by atoms with E-state index in [1.165, 1.54) is 11.3 Å². The Balaban J connectivity index is 1.89. The molecule has 0 N–H and O–H groups in total. The maximum atomic E-state index is 6.44. The van der Waals surface area contributed by atoms with Crippen LogP contribution in [0, 0.1) is 0 Å². The van der Waals surface area contributed by atoms with E-state index in [1.54, 1.807) is 6.20 Å². The summed E-state index contributed by atoms with van der Waals surface area (Å²) < 4.78 is 0.936. The van der Waals surface area contributed by atoms with Gasteiger partial charge in [0.15, 0.2) is 5.01 Å². The molecule has 20 heavy (non-hydrogen) atoms. The maximum absolute atomic E-state index is 6.44. The molecule has 0 aliphatic heterocycles. The molecule has 0 saturated heterocycles. The van der Waals surface area contributed by atoms with Crippen molar-refractivity contribution in [1.82, 2.24) is 15.2 Å². The lowest BCUT2D eigenvalue weighted by molar-refractivity contribution is 0.985. The monoisotopic (exact) mass is 365 g/mol. The standard InChI is InChI=1S/C14H9BrClN3S/c15-10-6-7-11(17-8-10)13-18-19-14(20-13)12(16)9-4-2-1-3-5-9/h1-8,12H. The fourth-order valence-corrected chi connectivity index (χ4v) is 3.09. The Hall–Kier alpha value is -1.30. The van der Waals surface area contributed by atoms with E-state index in [0.717, 1.165) is 25.7 Å². The zero-order valence-electron chi connectivity index (χ0n) is 10.2. The molecule has 3 aromatic rings. The zero-order valence-corrected chi connectivity index (χ0v) is 13.4. The number of hydrogen-bond donors (Lipinski definition) is 0. The smallest absolute Gasteiger partial charge is 0.166 e. The fourth-order valence-electron chi connectivity index (χ4n) is 1.71. The van der Waals surface area contributed by atoms with Crippen LogP contribution in [0.4, 0.5) is 0 Å². The highest BCUT2D eigenvalue weighted by Crippen LogP contribution is 2.33. The minimum absolute atomic E-state index is 0.280. The van der Waals surface area contributed by atoms with E-state index < -0.39 is 0 Å². The Morgan fingerprint density at radius 3 is 2.55 bits per heavy atom. The first-order chi connectivity index (χ1) is 9.74. The molecule has 0 saturated carbocycles. The topological polar surface area (TPSA) is 38.7 Å². The molecular formula is C14H9BrClN3S. The van der Waals surface area contributed by atoms with E-state index >= 15 is 0 Å². The number of alkyl halides is 1. The molecule has 2 heterocycles. The van der Waals surface area contributed by atoms with Gasteiger partial charge in [-0.3, -0.25) is 4.98 Å². The molecule has 3 rings (SSSR count). The second kappa shape index (κ2) is 5.99. The van der Waals surface area contributed by atoms with Crippen molar-refractivity contribution < 1.29 is 0 Å². The summed E-state index contributed by atoms with van der Waals surface area (Å²) in [5, 5.41) is 9.61. The van der Waals surface area contributed by atoms with E-state index in [1.807, 2.05) is 42.5 Å². The van der Waals surface area contributed by atoms with Crippen LogP contribution < -0.4 is 0 Å². The lowest BCUT2D eigenvalue weighted by Gasteiger charge is -2.04. The number of benzene rings is 1. The molecule has 1 unspecified atom stereocenters. The number of rotatable bonds is 3. The first kappa shape index (κ1) is 13.7. The Kier molecular flexibility index (Phi) is 4.10. The average molecular weight is 367 g/mol. The summed E-state index contributed by atoms with van der Waals surface area (Å²) in [4.78, 5) is 4.31. The first-order valence-corrected chi connectivity index (χ1v) is 7.93. The number of aromatic nitrogens is 3. The Bertz CT molecular complexity index is 700. The molecule has 0 aliphatic carbocycles. The van der Waals surface area contributed by atoms with Crippen molar-refractivity contribution in [3.63, 3.8) is 0 Å². The summed E-state index contributed by atoms with van der Waals surface area (Å²) in [5.74, 6) is 0. The number of nitrogens with zero attached hydrogens (tertiary/aromatic N) is 3. The van der Waals surface area contributed by atoms with Crippen molar-refractivity contribution in [2.24, 2.45) is 0 Å². The molecule has 0 aliphatic rings. The van der Waals surface area contributed by atoms with Crippen LogP contribution in [-0.2, 0) is 0 Å². The summed E-state index contributed by atoms with van der Waals surface area (Å²) in [5.41, 5.74) is 1.81. The normalized spacial score (nSPS) is 12.3. The van der Waals surface area contributed by atoms with Crippen LogP contribution in [-0.4, -0.2) is 15.2 Å². The van der Waals surface area contributed by atoms with Gasteiger partial charge in [-0.05, 0) is 33.6 Å². The van der Waals surface area contributed by atoms with Crippen molar-refractivity contribution in [3.8, 4) is 10.7 Å². The van der Waals surface area contributed by atoms with Gasteiger partial charge in [-0.2, -0.15) is 0 Å². The van der Waals surface area contributed by atoms with Gasteiger partial charge in [0.25, 0.3) is 0 Å². The third-order valence-electron chi connectivity index (χ3n) is 2.70. The molecule has 1 aromatic carbocycles. The summed E-state index contributed by atoms with van der Waals surface area (Å²) in [7, 11) is 0. The van der Waals surface area contributed by atoms with E-state index in [4.69, 9.17) is 11.6 Å². The van der Waals surface area contributed by atoms with Gasteiger partial charge < -0.3 is 0 Å². The average Bonchev–Trinajstić information content (AvgIpc) is 2.98. The molecule has 0 spiro atoms. The molecule has 0 amide bonds. The SMILES string of the molecule is ClC(c1ccccc1)c1nnc(-c2ccc(Br)cn2)s1. The summed E-state index contributed by atoms with van der Waals surface area (Å²) >= 11 is 11.3. The third kappa shape index (κ3) is 2.90. The number of halogens is 2. The van der Waals surface area contributed by atoms with Crippen molar-refractivity contribution in [1.29, 1.82) is 0 Å². The van der Waals surface area contributed by atoms with E-state index in [9.17, 15) is 0 Å². The third-order valence-corrected chi connectivity index (χ3v) is 4.76.